The lowest BCUT2D eigenvalue weighted by Crippen LogP contribution is -2.49. The van der Waals surface area contributed by atoms with E-state index in [2.05, 4.69) is 58.2 Å². The molecule has 0 N–H and O–H groups in total. The van der Waals surface area contributed by atoms with E-state index in [0.717, 1.165) is 37.0 Å². The van der Waals surface area contributed by atoms with E-state index < -0.39 is 0 Å². The van der Waals surface area contributed by atoms with E-state index in [1.54, 1.807) is 7.11 Å². The summed E-state index contributed by atoms with van der Waals surface area (Å²) >= 11 is 6.21. The summed E-state index contributed by atoms with van der Waals surface area (Å²) in [5.74, 6) is 1.34. The first-order valence-corrected chi connectivity index (χ1v) is 9.89. The Morgan fingerprint density at radius 2 is 1.89 bits per heavy atom. The van der Waals surface area contributed by atoms with Crippen molar-refractivity contribution in [3.8, 4) is 0 Å². The van der Waals surface area contributed by atoms with Crippen molar-refractivity contribution in [2.24, 2.45) is 5.92 Å². The maximum atomic E-state index is 6.21. The molecule has 0 aliphatic carbocycles. The highest BCUT2D eigenvalue weighted by atomic mass is 35.5. The third-order valence-corrected chi connectivity index (χ3v) is 5.42. The van der Waals surface area contributed by atoms with Crippen molar-refractivity contribution in [1.29, 1.82) is 0 Å². The summed E-state index contributed by atoms with van der Waals surface area (Å²) in [5, 5.41) is 13.2. The molecule has 1 aromatic heterocycles. The molecule has 28 heavy (non-hydrogen) atoms. The van der Waals surface area contributed by atoms with Gasteiger partial charge in [0.15, 0.2) is 5.82 Å². The number of hydrogen-bond acceptors (Lipinski definition) is 6. The number of benzene rings is 1. The largest absolute Gasteiger partial charge is 0.383 e. The van der Waals surface area contributed by atoms with Gasteiger partial charge >= 0.3 is 0 Å². The molecule has 1 aliphatic rings. The van der Waals surface area contributed by atoms with Gasteiger partial charge in [-0.25, -0.2) is 4.68 Å². The quantitative estimate of drug-likeness (QED) is 0.674. The Kier molecular flexibility index (Phi) is 8.49. The van der Waals surface area contributed by atoms with Gasteiger partial charge in [-0.3, -0.25) is 4.90 Å². The van der Waals surface area contributed by atoms with Crippen molar-refractivity contribution in [2.45, 2.75) is 33.4 Å². The minimum Gasteiger partial charge on any atom is -0.383 e. The van der Waals surface area contributed by atoms with E-state index in [0.29, 0.717) is 19.1 Å². The molecule has 1 fully saturated rings. The molecule has 1 saturated heterocycles. The zero-order valence-electron chi connectivity index (χ0n) is 17.0. The number of piperazine rings is 1. The first-order valence-electron chi connectivity index (χ1n) is 9.51. The normalized spacial score (nSPS) is 16.3. The Morgan fingerprint density at radius 1 is 1.18 bits per heavy atom. The van der Waals surface area contributed by atoms with Gasteiger partial charge in [0.2, 0.25) is 0 Å². The standard InChI is InChI=1S/C19H29ClN6O.ClH/c1-14(2)18(19-21-22-23-26(19)11-12-27-4)25-9-7-24(8-10-25)17-13-16(20)6-5-15(17)3;/h5-6,13-14,18H,7-12H2,1-4H3;1H. The number of methoxy groups -OCH3 is 1. The van der Waals surface area contributed by atoms with Gasteiger partial charge < -0.3 is 9.64 Å². The van der Waals surface area contributed by atoms with Crippen LogP contribution in [0, 0.1) is 12.8 Å². The van der Waals surface area contributed by atoms with Gasteiger partial charge in [0.25, 0.3) is 0 Å². The molecule has 0 saturated carbocycles. The van der Waals surface area contributed by atoms with E-state index in [1.165, 1.54) is 11.3 Å². The van der Waals surface area contributed by atoms with Gasteiger partial charge in [0.05, 0.1) is 19.2 Å². The molecule has 2 aromatic rings. The number of nitrogens with zero attached hydrogens (tertiary/aromatic N) is 6. The van der Waals surface area contributed by atoms with Crippen LogP contribution in [-0.2, 0) is 11.3 Å². The van der Waals surface area contributed by atoms with E-state index in [1.807, 2.05) is 10.7 Å². The molecule has 9 heteroatoms. The van der Waals surface area contributed by atoms with Crippen molar-refractivity contribution in [3.05, 3.63) is 34.6 Å². The van der Waals surface area contributed by atoms with E-state index in [9.17, 15) is 0 Å². The fourth-order valence-electron chi connectivity index (χ4n) is 3.81. The van der Waals surface area contributed by atoms with Crippen molar-refractivity contribution < 1.29 is 4.74 Å². The summed E-state index contributed by atoms with van der Waals surface area (Å²) in [6.45, 7) is 11.7. The molecule has 0 radical (unpaired) electrons. The highest BCUT2D eigenvalue weighted by Crippen LogP contribution is 2.30. The summed E-state index contributed by atoms with van der Waals surface area (Å²) in [4.78, 5) is 4.92. The number of aryl methyl sites for hydroxylation is 1. The molecule has 2 heterocycles. The van der Waals surface area contributed by atoms with Crippen molar-refractivity contribution in [1.82, 2.24) is 25.1 Å². The van der Waals surface area contributed by atoms with Gasteiger partial charge in [-0.1, -0.05) is 31.5 Å². The molecular weight excluding hydrogens is 399 g/mol. The zero-order valence-corrected chi connectivity index (χ0v) is 18.6. The van der Waals surface area contributed by atoms with Crippen LogP contribution < -0.4 is 4.90 Å². The molecule has 1 aliphatic heterocycles. The van der Waals surface area contributed by atoms with Gasteiger partial charge in [-0.2, -0.15) is 0 Å². The Bertz CT molecular complexity index is 746. The fraction of sp³-hybridized carbons (Fsp3) is 0.632. The van der Waals surface area contributed by atoms with Crippen LogP contribution in [0.15, 0.2) is 18.2 Å². The Morgan fingerprint density at radius 3 is 2.54 bits per heavy atom. The minimum atomic E-state index is 0. The number of halogens is 2. The number of rotatable bonds is 7. The molecule has 0 bridgehead atoms. The van der Waals surface area contributed by atoms with Crippen LogP contribution in [0.2, 0.25) is 5.02 Å². The Labute approximate surface area is 178 Å². The average Bonchev–Trinajstić information content (AvgIpc) is 3.10. The zero-order chi connectivity index (χ0) is 19.4. The van der Waals surface area contributed by atoms with Crippen molar-refractivity contribution in [2.75, 3.05) is 44.8 Å². The van der Waals surface area contributed by atoms with Crippen LogP contribution in [0.4, 0.5) is 5.69 Å². The molecule has 1 unspecified atom stereocenters. The van der Waals surface area contributed by atoms with Gasteiger partial charge in [-0.15, -0.1) is 17.5 Å². The number of aromatic nitrogens is 4. The van der Waals surface area contributed by atoms with Crippen molar-refractivity contribution in [3.63, 3.8) is 0 Å². The monoisotopic (exact) mass is 428 g/mol. The summed E-state index contributed by atoms with van der Waals surface area (Å²) in [6.07, 6.45) is 0. The van der Waals surface area contributed by atoms with Crippen LogP contribution >= 0.6 is 24.0 Å². The lowest BCUT2D eigenvalue weighted by Gasteiger charge is -2.41. The minimum absolute atomic E-state index is 0. The third-order valence-electron chi connectivity index (χ3n) is 5.18. The predicted octanol–water partition coefficient (Wildman–Crippen LogP) is 3.22. The topological polar surface area (TPSA) is 59.3 Å². The number of anilines is 1. The first-order chi connectivity index (χ1) is 13.0. The maximum Gasteiger partial charge on any atom is 0.168 e. The lowest BCUT2D eigenvalue weighted by molar-refractivity contribution is 0.129. The Balaban J connectivity index is 0.00000280. The SMILES string of the molecule is COCCn1nnnc1C(C(C)C)N1CCN(c2cc(Cl)ccc2C)CC1.Cl. The molecule has 7 nitrogen and oxygen atoms in total. The second-order valence-electron chi connectivity index (χ2n) is 7.40. The van der Waals surface area contributed by atoms with Crippen LogP contribution in [-0.4, -0.2) is 65.0 Å². The summed E-state index contributed by atoms with van der Waals surface area (Å²) in [5.41, 5.74) is 2.49. The molecule has 1 aromatic carbocycles. The number of tetrazole rings is 1. The van der Waals surface area contributed by atoms with Crippen molar-refractivity contribution >= 4 is 29.7 Å². The molecule has 0 spiro atoms. The molecular formula is C19H30Cl2N6O. The summed E-state index contributed by atoms with van der Waals surface area (Å²) in [6, 6.07) is 6.30. The highest BCUT2D eigenvalue weighted by Gasteiger charge is 2.31. The van der Waals surface area contributed by atoms with E-state index in [4.69, 9.17) is 16.3 Å². The van der Waals surface area contributed by atoms with E-state index >= 15 is 0 Å². The predicted molar refractivity (Wildman–Crippen MR) is 114 cm³/mol. The second-order valence-corrected chi connectivity index (χ2v) is 7.83. The maximum absolute atomic E-state index is 6.21. The highest BCUT2D eigenvalue weighted by molar-refractivity contribution is 6.30. The molecule has 156 valence electrons. The van der Waals surface area contributed by atoms with Crippen LogP contribution in [0.5, 0.6) is 0 Å². The van der Waals surface area contributed by atoms with Gasteiger partial charge in [0.1, 0.15) is 0 Å². The van der Waals surface area contributed by atoms with Gasteiger partial charge in [0, 0.05) is 44.0 Å². The number of ether oxygens (including phenoxy) is 1. The van der Waals surface area contributed by atoms with E-state index in [-0.39, 0.29) is 18.4 Å². The lowest BCUT2D eigenvalue weighted by atomic mass is 10.0. The average molecular weight is 429 g/mol. The molecule has 3 rings (SSSR count). The molecule has 0 amide bonds. The first kappa shape index (κ1) is 22.9. The fourth-order valence-corrected chi connectivity index (χ4v) is 3.97. The summed E-state index contributed by atoms with van der Waals surface area (Å²) in [7, 11) is 1.70. The molecule has 1 atom stereocenters. The third kappa shape index (κ3) is 5.14. The van der Waals surface area contributed by atoms with Crippen LogP contribution in [0.25, 0.3) is 0 Å². The van der Waals surface area contributed by atoms with Crippen LogP contribution in [0.1, 0.15) is 31.3 Å². The Hall–Kier alpha value is -1.41. The number of hydrogen-bond donors (Lipinski definition) is 0. The summed E-state index contributed by atoms with van der Waals surface area (Å²) < 4.78 is 7.07. The van der Waals surface area contributed by atoms with Gasteiger partial charge in [-0.05, 0) is 41.0 Å². The second kappa shape index (κ2) is 10.4. The van der Waals surface area contributed by atoms with Crippen LogP contribution in [0.3, 0.4) is 0 Å². The smallest absolute Gasteiger partial charge is 0.168 e.